The number of carbonyl (C=O) groups is 1. The number of benzene rings is 1. The fourth-order valence-electron chi connectivity index (χ4n) is 3.30. The Morgan fingerprint density at radius 1 is 1.21 bits per heavy atom. The van der Waals surface area contributed by atoms with Crippen LogP contribution in [0.5, 0.6) is 0 Å². The van der Waals surface area contributed by atoms with Gasteiger partial charge in [-0.2, -0.15) is 10.1 Å². The maximum absolute atomic E-state index is 12.4. The number of sulfone groups is 1. The Bertz CT molecular complexity index is 1210. The molecule has 0 saturated carbocycles. The summed E-state index contributed by atoms with van der Waals surface area (Å²) < 4.78 is 24.8. The largest absolute Gasteiger partial charge is 0.375 e. The Labute approximate surface area is 167 Å². The minimum atomic E-state index is -3.54. The van der Waals surface area contributed by atoms with E-state index in [4.69, 9.17) is 0 Å². The second-order valence-corrected chi connectivity index (χ2v) is 8.94. The average Bonchev–Trinajstić information content (AvgIpc) is 3.30. The van der Waals surface area contributed by atoms with Gasteiger partial charge in [-0.25, -0.2) is 18.1 Å². The molecule has 29 heavy (non-hydrogen) atoms. The summed E-state index contributed by atoms with van der Waals surface area (Å²) >= 11 is 0. The highest BCUT2D eigenvalue weighted by Crippen LogP contribution is 2.34. The summed E-state index contributed by atoms with van der Waals surface area (Å²) in [5.41, 5.74) is 0.285. The predicted molar refractivity (Wildman–Crippen MR) is 104 cm³/mol. The Balaban J connectivity index is 1.69. The molecule has 2 aromatic heterocycles. The summed E-state index contributed by atoms with van der Waals surface area (Å²) in [6.45, 7) is 0.491. The lowest BCUT2D eigenvalue weighted by Crippen LogP contribution is -2.36. The lowest BCUT2D eigenvalue weighted by Gasteiger charge is -2.21. The molecule has 3 heterocycles. The topological polar surface area (TPSA) is 118 Å². The van der Waals surface area contributed by atoms with Gasteiger partial charge >= 0.3 is 0 Å². The van der Waals surface area contributed by atoms with Gasteiger partial charge < -0.3 is 10.0 Å². The zero-order chi connectivity index (χ0) is 20.8. The molecular formula is C19H19N5O4S. The fourth-order valence-corrected chi connectivity index (χ4v) is 3.81. The standard InChI is InChI=1S/C19H19N5O4S/c1-23-11-8-19(26,17(23)25)14-5-3-4-13(12-14)15-7-10-24(22-15)16-6-9-20-18(21-16)29(2,27)28/h3-7,9-10,12,26H,8,11H2,1-2H3/t19-/m1/s1. The molecule has 1 amide bonds. The molecule has 1 aromatic carbocycles. The fraction of sp³-hybridized carbons (Fsp3) is 0.263. The van der Waals surface area contributed by atoms with E-state index in [0.717, 1.165) is 11.8 Å². The van der Waals surface area contributed by atoms with Crippen molar-refractivity contribution in [3.63, 3.8) is 0 Å². The van der Waals surface area contributed by atoms with Crippen LogP contribution in [-0.2, 0) is 20.2 Å². The van der Waals surface area contributed by atoms with Crippen LogP contribution in [0.2, 0.25) is 0 Å². The summed E-state index contributed by atoms with van der Waals surface area (Å²) in [5.74, 6) is -0.0106. The lowest BCUT2D eigenvalue weighted by molar-refractivity contribution is -0.143. The molecule has 10 heteroatoms. The third-order valence-corrected chi connectivity index (χ3v) is 5.78. The van der Waals surface area contributed by atoms with Crippen molar-refractivity contribution in [1.82, 2.24) is 24.6 Å². The number of nitrogens with zero attached hydrogens (tertiary/aromatic N) is 5. The van der Waals surface area contributed by atoms with Gasteiger partial charge in [0.25, 0.3) is 5.91 Å². The van der Waals surface area contributed by atoms with Gasteiger partial charge in [0.15, 0.2) is 11.4 Å². The first kappa shape index (κ1) is 19.2. The van der Waals surface area contributed by atoms with E-state index in [-0.39, 0.29) is 11.1 Å². The Hall–Kier alpha value is -3.11. The molecule has 1 atom stereocenters. The molecular weight excluding hydrogens is 394 g/mol. The minimum absolute atomic E-state index is 0.278. The van der Waals surface area contributed by atoms with Crippen molar-refractivity contribution in [1.29, 1.82) is 0 Å². The van der Waals surface area contributed by atoms with Crippen molar-refractivity contribution in [3.8, 4) is 17.1 Å². The molecule has 150 valence electrons. The molecule has 0 unspecified atom stereocenters. The zero-order valence-electron chi connectivity index (χ0n) is 15.8. The number of carbonyl (C=O) groups excluding carboxylic acids is 1. The molecule has 1 aliphatic heterocycles. The van der Waals surface area contributed by atoms with E-state index >= 15 is 0 Å². The van der Waals surface area contributed by atoms with Crippen LogP contribution in [0.25, 0.3) is 17.1 Å². The van der Waals surface area contributed by atoms with Gasteiger partial charge in [0.1, 0.15) is 0 Å². The van der Waals surface area contributed by atoms with Gasteiger partial charge in [-0.1, -0.05) is 18.2 Å². The van der Waals surface area contributed by atoms with Gasteiger partial charge in [0, 0.05) is 50.3 Å². The molecule has 3 aromatic rings. The number of hydrogen-bond acceptors (Lipinski definition) is 7. The summed E-state index contributed by atoms with van der Waals surface area (Å²) in [7, 11) is -1.87. The van der Waals surface area contributed by atoms with E-state index in [1.165, 1.54) is 15.8 Å². The molecule has 1 aliphatic rings. The van der Waals surface area contributed by atoms with Crippen LogP contribution in [0, 0.1) is 0 Å². The Morgan fingerprint density at radius 2 is 2.00 bits per heavy atom. The molecule has 1 fully saturated rings. The summed E-state index contributed by atoms with van der Waals surface area (Å²) in [6.07, 6.45) is 4.38. The number of likely N-dealkylation sites (tertiary alicyclic amines) is 1. The smallest absolute Gasteiger partial charge is 0.258 e. The Morgan fingerprint density at radius 3 is 2.69 bits per heavy atom. The third kappa shape index (κ3) is 3.40. The minimum Gasteiger partial charge on any atom is -0.375 e. The molecule has 9 nitrogen and oxygen atoms in total. The van der Waals surface area contributed by atoms with Gasteiger partial charge in [-0.15, -0.1) is 0 Å². The summed E-state index contributed by atoms with van der Waals surface area (Å²) in [6, 6.07) is 10.3. The predicted octanol–water partition coefficient (Wildman–Crippen LogP) is 0.782. The van der Waals surface area contributed by atoms with Gasteiger partial charge in [0.05, 0.1) is 5.69 Å². The molecule has 0 aliphatic carbocycles. The maximum Gasteiger partial charge on any atom is 0.258 e. The van der Waals surface area contributed by atoms with E-state index in [1.54, 1.807) is 43.6 Å². The lowest BCUT2D eigenvalue weighted by atomic mass is 9.90. The van der Waals surface area contributed by atoms with Crippen molar-refractivity contribution >= 4 is 15.7 Å². The van der Waals surface area contributed by atoms with Crippen LogP contribution >= 0.6 is 0 Å². The number of likely N-dealkylation sites (N-methyl/N-ethyl adjacent to an activating group) is 1. The number of aliphatic hydroxyl groups is 1. The molecule has 0 spiro atoms. The molecule has 4 rings (SSSR count). The van der Waals surface area contributed by atoms with Crippen molar-refractivity contribution < 1.29 is 18.3 Å². The monoisotopic (exact) mass is 413 g/mol. The van der Waals surface area contributed by atoms with E-state index in [0.29, 0.717) is 30.0 Å². The maximum atomic E-state index is 12.4. The number of aromatic nitrogens is 4. The van der Waals surface area contributed by atoms with E-state index in [2.05, 4.69) is 15.1 Å². The van der Waals surface area contributed by atoms with E-state index in [9.17, 15) is 18.3 Å². The molecule has 0 bridgehead atoms. The first-order valence-corrected chi connectivity index (χ1v) is 10.8. The van der Waals surface area contributed by atoms with Crippen molar-refractivity contribution in [2.75, 3.05) is 19.8 Å². The zero-order valence-corrected chi connectivity index (χ0v) is 16.7. The summed E-state index contributed by atoms with van der Waals surface area (Å²) in [5, 5.41) is 15.0. The highest BCUT2D eigenvalue weighted by Gasteiger charge is 2.45. The van der Waals surface area contributed by atoms with Crippen LogP contribution in [0.4, 0.5) is 0 Å². The van der Waals surface area contributed by atoms with Gasteiger partial charge in [-0.3, -0.25) is 4.79 Å². The highest BCUT2D eigenvalue weighted by atomic mass is 32.2. The molecule has 1 N–H and O–H groups in total. The van der Waals surface area contributed by atoms with Crippen LogP contribution in [-0.4, -0.2) is 63.9 Å². The highest BCUT2D eigenvalue weighted by molar-refractivity contribution is 7.90. The molecule has 1 saturated heterocycles. The van der Waals surface area contributed by atoms with Crippen LogP contribution < -0.4 is 0 Å². The summed E-state index contributed by atoms with van der Waals surface area (Å²) in [4.78, 5) is 21.7. The van der Waals surface area contributed by atoms with E-state index < -0.39 is 15.4 Å². The quantitative estimate of drug-likeness (QED) is 0.628. The average molecular weight is 413 g/mol. The second kappa shape index (κ2) is 6.75. The van der Waals surface area contributed by atoms with Gasteiger partial charge in [0.2, 0.25) is 15.0 Å². The third-order valence-electron chi connectivity index (χ3n) is 4.92. The van der Waals surface area contributed by atoms with Crippen molar-refractivity contribution in [2.24, 2.45) is 0 Å². The number of amides is 1. The van der Waals surface area contributed by atoms with Gasteiger partial charge in [-0.05, 0) is 17.7 Å². The SMILES string of the molecule is CN1CC[C@@](O)(c2cccc(-c3ccn(-c4ccnc(S(C)(=O)=O)n4)n3)c2)C1=O. The normalized spacial score (nSPS) is 19.7. The first-order chi connectivity index (χ1) is 13.7. The van der Waals surface area contributed by atoms with Crippen LogP contribution in [0.1, 0.15) is 12.0 Å². The van der Waals surface area contributed by atoms with Crippen LogP contribution in [0.15, 0.2) is 53.9 Å². The Kier molecular flexibility index (Phi) is 4.47. The first-order valence-electron chi connectivity index (χ1n) is 8.86. The van der Waals surface area contributed by atoms with Crippen LogP contribution in [0.3, 0.4) is 0 Å². The number of hydrogen-bond donors (Lipinski definition) is 1. The number of rotatable bonds is 4. The van der Waals surface area contributed by atoms with E-state index in [1.807, 2.05) is 6.07 Å². The van der Waals surface area contributed by atoms with Crippen molar-refractivity contribution in [2.45, 2.75) is 17.2 Å². The second-order valence-electron chi connectivity index (χ2n) is 7.03. The molecule has 0 radical (unpaired) electrons. The van der Waals surface area contributed by atoms with Crippen molar-refractivity contribution in [3.05, 3.63) is 54.4 Å².